The van der Waals surface area contributed by atoms with E-state index in [1.165, 1.54) is 5.57 Å². The number of rotatable bonds is 4. The lowest BCUT2D eigenvalue weighted by atomic mass is 9.72. The van der Waals surface area contributed by atoms with Gasteiger partial charge in [-0.2, -0.15) is 0 Å². The topological polar surface area (TPSA) is 40.5 Å². The Morgan fingerprint density at radius 1 is 1.29 bits per heavy atom. The summed E-state index contributed by atoms with van der Waals surface area (Å²) in [6, 6.07) is 3.61. The van der Waals surface area contributed by atoms with Crippen LogP contribution < -0.4 is 0 Å². The minimum absolute atomic E-state index is 0.114. The number of phenolic OH excluding ortho intramolecular Hbond substituents is 2. The second-order valence-corrected chi connectivity index (χ2v) is 6.35. The number of hydrogen-bond donors (Lipinski definition) is 2. The molecule has 114 valence electrons. The van der Waals surface area contributed by atoms with Crippen LogP contribution in [0, 0.1) is 5.92 Å². The van der Waals surface area contributed by atoms with Crippen molar-refractivity contribution in [3.05, 3.63) is 47.1 Å². The fraction of sp³-hybridized carbons (Fsp3) is 0.474. The molecule has 2 rings (SSSR count). The maximum Gasteiger partial charge on any atom is 0.123 e. The largest absolute Gasteiger partial charge is 0.508 e. The van der Waals surface area contributed by atoms with Crippen LogP contribution in [-0.2, 0) is 6.42 Å². The van der Waals surface area contributed by atoms with E-state index in [0.717, 1.165) is 36.8 Å². The Kier molecular flexibility index (Phi) is 4.76. The fourth-order valence-electron chi connectivity index (χ4n) is 3.41. The van der Waals surface area contributed by atoms with Crippen molar-refractivity contribution in [1.82, 2.24) is 0 Å². The Morgan fingerprint density at radius 2 is 1.90 bits per heavy atom. The van der Waals surface area contributed by atoms with Crippen LogP contribution in [0.1, 0.15) is 57.1 Å². The molecule has 0 unspecified atom stereocenters. The smallest absolute Gasteiger partial charge is 0.123 e. The summed E-state index contributed by atoms with van der Waals surface area (Å²) >= 11 is 0. The van der Waals surface area contributed by atoms with Gasteiger partial charge in [-0.25, -0.2) is 0 Å². The summed E-state index contributed by atoms with van der Waals surface area (Å²) in [5.74, 6) is 0.847. The van der Waals surface area contributed by atoms with Crippen LogP contribution in [0.15, 0.2) is 35.9 Å². The first kappa shape index (κ1) is 15.7. The molecular formula is C19H26O2. The van der Waals surface area contributed by atoms with Gasteiger partial charge in [-0.1, -0.05) is 37.1 Å². The van der Waals surface area contributed by atoms with Gasteiger partial charge in [-0.05, 0) is 56.7 Å². The van der Waals surface area contributed by atoms with Crippen LogP contribution in [0.4, 0.5) is 0 Å². The molecule has 1 aliphatic rings. The maximum absolute atomic E-state index is 10.4. The lowest BCUT2D eigenvalue weighted by molar-refractivity contribution is 0.391. The van der Waals surface area contributed by atoms with E-state index in [1.807, 2.05) is 19.1 Å². The van der Waals surface area contributed by atoms with Gasteiger partial charge >= 0.3 is 0 Å². The van der Waals surface area contributed by atoms with Gasteiger partial charge in [-0.3, -0.25) is 0 Å². The molecule has 2 atom stereocenters. The number of allylic oxidation sites excluding steroid dienone is 3. The Bertz CT molecular complexity index is 546. The molecule has 0 radical (unpaired) electrons. The lowest BCUT2D eigenvalue weighted by Crippen LogP contribution is -2.18. The molecule has 0 heterocycles. The first-order valence-electron chi connectivity index (χ1n) is 7.79. The lowest BCUT2D eigenvalue weighted by Gasteiger charge is -2.32. The normalized spacial score (nSPS) is 22.0. The highest BCUT2D eigenvalue weighted by Gasteiger charge is 2.30. The minimum atomic E-state index is 0.114. The van der Waals surface area contributed by atoms with E-state index in [-0.39, 0.29) is 23.3 Å². The quantitative estimate of drug-likeness (QED) is 0.759. The first-order valence-corrected chi connectivity index (χ1v) is 7.79. The molecule has 2 nitrogen and oxygen atoms in total. The van der Waals surface area contributed by atoms with Crippen molar-refractivity contribution in [2.75, 3.05) is 0 Å². The molecule has 0 saturated heterocycles. The van der Waals surface area contributed by atoms with Crippen LogP contribution in [0.2, 0.25) is 0 Å². The van der Waals surface area contributed by atoms with Gasteiger partial charge in [0.15, 0.2) is 0 Å². The van der Waals surface area contributed by atoms with Crippen molar-refractivity contribution >= 4 is 0 Å². The van der Waals surface area contributed by atoms with Crippen molar-refractivity contribution in [3.63, 3.8) is 0 Å². The molecule has 0 aromatic heterocycles. The van der Waals surface area contributed by atoms with E-state index < -0.39 is 0 Å². The minimum Gasteiger partial charge on any atom is -0.508 e. The predicted molar refractivity (Wildman–Crippen MR) is 87.8 cm³/mol. The van der Waals surface area contributed by atoms with Crippen LogP contribution in [0.3, 0.4) is 0 Å². The summed E-state index contributed by atoms with van der Waals surface area (Å²) in [6.07, 6.45) is 5.91. The molecule has 2 N–H and O–H groups in total. The van der Waals surface area contributed by atoms with E-state index in [0.29, 0.717) is 5.56 Å². The molecule has 2 heteroatoms. The summed E-state index contributed by atoms with van der Waals surface area (Å²) in [7, 11) is 0. The van der Waals surface area contributed by atoms with Crippen molar-refractivity contribution in [1.29, 1.82) is 0 Å². The molecule has 0 amide bonds. The van der Waals surface area contributed by atoms with Gasteiger partial charge in [0, 0.05) is 11.5 Å². The van der Waals surface area contributed by atoms with E-state index in [9.17, 15) is 10.2 Å². The average molecular weight is 286 g/mol. The number of aromatic hydroxyl groups is 2. The molecule has 21 heavy (non-hydrogen) atoms. The predicted octanol–water partition coefficient (Wildman–Crippen LogP) is 5.07. The summed E-state index contributed by atoms with van der Waals surface area (Å²) in [5.41, 5.74) is 4.11. The summed E-state index contributed by atoms with van der Waals surface area (Å²) in [4.78, 5) is 0. The number of benzene rings is 1. The fourth-order valence-corrected chi connectivity index (χ4v) is 3.41. The number of aryl methyl sites for hydroxylation is 1. The van der Waals surface area contributed by atoms with E-state index in [4.69, 9.17) is 0 Å². The molecule has 1 aromatic rings. The van der Waals surface area contributed by atoms with Crippen LogP contribution in [-0.4, -0.2) is 10.2 Å². The number of phenols is 2. The monoisotopic (exact) mass is 286 g/mol. The average Bonchev–Trinajstić information content (AvgIpc) is 2.38. The highest BCUT2D eigenvalue weighted by molar-refractivity contribution is 5.50. The third kappa shape index (κ3) is 3.31. The molecule has 0 spiro atoms. The third-order valence-electron chi connectivity index (χ3n) is 4.49. The van der Waals surface area contributed by atoms with Gasteiger partial charge in [0.2, 0.25) is 0 Å². The highest BCUT2D eigenvalue weighted by atomic mass is 16.3. The molecule has 1 aliphatic carbocycles. The van der Waals surface area contributed by atoms with Gasteiger partial charge in [0.05, 0.1) is 0 Å². The van der Waals surface area contributed by atoms with Crippen LogP contribution >= 0.6 is 0 Å². The molecule has 0 aliphatic heterocycles. The van der Waals surface area contributed by atoms with Crippen molar-refractivity contribution in [3.8, 4) is 11.5 Å². The van der Waals surface area contributed by atoms with Crippen molar-refractivity contribution < 1.29 is 10.2 Å². The standard InChI is InChI=1S/C19H26O2/c1-5-6-14-10-17(20)19(18(21)11-14)16-9-13(4)7-8-15(16)12(2)3/h7,10-11,15-16,20-21H,2,5-6,8-9H2,1,3-4H3/t15-,16+/m1/s1. The molecule has 0 bridgehead atoms. The summed E-state index contributed by atoms with van der Waals surface area (Å²) in [6.45, 7) is 10.3. The van der Waals surface area contributed by atoms with Crippen LogP contribution in [0.25, 0.3) is 0 Å². The van der Waals surface area contributed by atoms with Gasteiger partial charge in [0.1, 0.15) is 11.5 Å². The Balaban J connectivity index is 2.44. The zero-order valence-electron chi connectivity index (χ0n) is 13.3. The second-order valence-electron chi connectivity index (χ2n) is 6.35. The van der Waals surface area contributed by atoms with Gasteiger partial charge in [0.25, 0.3) is 0 Å². The zero-order chi connectivity index (χ0) is 15.6. The van der Waals surface area contributed by atoms with E-state index in [2.05, 4.69) is 26.5 Å². The molecular weight excluding hydrogens is 260 g/mol. The van der Waals surface area contributed by atoms with Gasteiger partial charge < -0.3 is 10.2 Å². The Hall–Kier alpha value is -1.70. The van der Waals surface area contributed by atoms with Crippen molar-refractivity contribution in [2.24, 2.45) is 5.92 Å². The molecule has 0 fully saturated rings. The van der Waals surface area contributed by atoms with Crippen LogP contribution in [0.5, 0.6) is 11.5 Å². The molecule has 1 aromatic carbocycles. The van der Waals surface area contributed by atoms with Crippen molar-refractivity contribution in [2.45, 2.75) is 52.4 Å². The second kappa shape index (κ2) is 6.38. The molecule has 0 saturated carbocycles. The highest BCUT2D eigenvalue weighted by Crippen LogP contribution is 2.47. The Labute approximate surface area is 127 Å². The maximum atomic E-state index is 10.4. The number of hydrogen-bond acceptors (Lipinski definition) is 2. The Morgan fingerprint density at radius 3 is 2.43 bits per heavy atom. The first-order chi connectivity index (χ1) is 9.93. The summed E-state index contributed by atoms with van der Waals surface area (Å²) in [5, 5.41) is 20.9. The van der Waals surface area contributed by atoms with E-state index in [1.54, 1.807) is 0 Å². The van der Waals surface area contributed by atoms with Gasteiger partial charge in [-0.15, -0.1) is 0 Å². The summed E-state index contributed by atoms with van der Waals surface area (Å²) < 4.78 is 0. The third-order valence-corrected chi connectivity index (χ3v) is 4.49. The zero-order valence-corrected chi connectivity index (χ0v) is 13.3. The van der Waals surface area contributed by atoms with E-state index >= 15 is 0 Å². The SMILES string of the molecule is C=C(C)[C@H]1CC=C(C)C[C@@H]1c1c(O)cc(CCC)cc1O.